The third kappa shape index (κ3) is 3.96. The van der Waals surface area contributed by atoms with Crippen molar-refractivity contribution in [2.75, 3.05) is 5.32 Å². The zero-order chi connectivity index (χ0) is 25.7. The lowest BCUT2D eigenvalue weighted by atomic mass is 9.69. The number of rotatable bonds is 4. The van der Waals surface area contributed by atoms with Gasteiger partial charge in [0.05, 0.1) is 5.92 Å². The van der Waals surface area contributed by atoms with Crippen LogP contribution in [0.3, 0.4) is 0 Å². The molecule has 1 spiro atoms. The summed E-state index contributed by atoms with van der Waals surface area (Å²) < 4.78 is 0. The fourth-order valence-corrected chi connectivity index (χ4v) is 6.23. The van der Waals surface area contributed by atoms with Crippen LogP contribution in [0.15, 0.2) is 97.1 Å². The Balaban J connectivity index is 1.63. The van der Waals surface area contributed by atoms with Gasteiger partial charge in [-0.25, -0.2) is 0 Å². The van der Waals surface area contributed by atoms with E-state index in [0.717, 1.165) is 11.1 Å². The van der Waals surface area contributed by atoms with Gasteiger partial charge in [0.25, 0.3) is 0 Å². The van der Waals surface area contributed by atoms with Crippen LogP contribution in [-0.2, 0) is 10.3 Å². The van der Waals surface area contributed by atoms with Gasteiger partial charge in [0.1, 0.15) is 5.54 Å². The van der Waals surface area contributed by atoms with E-state index in [4.69, 9.17) is 34.8 Å². The molecule has 0 bridgehead atoms. The molecule has 1 fully saturated rings. The first-order valence-electron chi connectivity index (χ1n) is 11.9. The quantitative estimate of drug-likeness (QED) is 0.261. The van der Waals surface area contributed by atoms with E-state index in [0.29, 0.717) is 31.9 Å². The highest BCUT2D eigenvalue weighted by Crippen LogP contribution is 2.57. The highest BCUT2D eigenvalue weighted by molar-refractivity contribution is 6.31. The van der Waals surface area contributed by atoms with E-state index in [1.54, 1.807) is 42.5 Å². The van der Waals surface area contributed by atoms with Gasteiger partial charge in [0.2, 0.25) is 5.91 Å². The van der Waals surface area contributed by atoms with E-state index in [1.165, 1.54) is 0 Å². The fraction of sp³-hybridized carbons (Fsp3) is 0.133. The Kier molecular flexibility index (Phi) is 6.09. The number of nitrogens with one attached hydrogen (secondary N) is 2. The average Bonchev–Trinajstić information content (AvgIpc) is 3.40. The summed E-state index contributed by atoms with van der Waals surface area (Å²) in [6.45, 7) is 0. The number of ketones is 1. The zero-order valence-electron chi connectivity index (χ0n) is 19.4. The lowest BCUT2D eigenvalue weighted by Gasteiger charge is -2.31. The molecule has 37 heavy (non-hydrogen) atoms. The van der Waals surface area contributed by atoms with Gasteiger partial charge in [0.15, 0.2) is 5.78 Å². The number of amides is 1. The molecule has 6 rings (SSSR count). The summed E-state index contributed by atoms with van der Waals surface area (Å²) in [5, 5.41) is 8.25. The van der Waals surface area contributed by atoms with Gasteiger partial charge in [-0.15, -0.1) is 0 Å². The number of benzene rings is 4. The van der Waals surface area contributed by atoms with Gasteiger partial charge >= 0.3 is 0 Å². The molecule has 1 saturated heterocycles. The minimum Gasteiger partial charge on any atom is -0.324 e. The first-order chi connectivity index (χ1) is 17.9. The van der Waals surface area contributed by atoms with Crippen LogP contribution in [0.25, 0.3) is 0 Å². The SMILES string of the molecule is O=C(c1ccc(Cl)cc1)C1[C@H](c2ccc(Cl)cc2)[C@@H](c2ccccc2)NC12C(=O)Nc1ccc(Cl)cc12. The van der Waals surface area contributed by atoms with E-state index >= 15 is 0 Å². The fourth-order valence-electron chi connectivity index (χ4n) is 5.81. The van der Waals surface area contributed by atoms with Crippen LogP contribution >= 0.6 is 34.8 Å². The molecule has 2 aliphatic heterocycles. The van der Waals surface area contributed by atoms with Gasteiger partial charge in [-0.1, -0.05) is 77.3 Å². The van der Waals surface area contributed by atoms with Crippen LogP contribution in [0.1, 0.15) is 39.0 Å². The van der Waals surface area contributed by atoms with Crippen LogP contribution in [0.2, 0.25) is 15.1 Å². The molecule has 4 aromatic rings. The van der Waals surface area contributed by atoms with Crippen molar-refractivity contribution in [3.63, 3.8) is 0 Å². The maximum Gasteiger partial charge on any atom is 0.250 e. The highest BCUT2D eigenvalue weighted by Gasteiger charge is 2.64. The van der Waals surface area contributed by atoms with Gasteiger partial charge < -0.3 is 5.32 Å². The monoisotopic (exact) mass is 546 g/mol. The van der Waals surface area contributed by atoms with Crippen molar-refractivity contribution in [1.82, 2.24) is 5.32 Å². The number of fused-ring (bicyclic) bond motifs is 2. The van der Waals surface area contributed by atoms with Crippen LogP contribution in [-0.4, -0.2) is 11.7 Å². The van der Waals surface area contributed by atoms with Crippen molar-refractivity contribution in [2.45, 2.75) is 17.5 Å². The summed E-state index contributed by atoms with van der Waals surface area (Å²) >= 11 is 18.8. The van der Waals surface area contributed by atoms with Crippen LogP contribution in [0.5, 0.6) is 0 Å². The standard InChI is InChI=1S/C30H21Cl3N2O2/c31-20-10-6-17(7-11-20)25-26(28(36)19-8-12-21(32)13-9-19)30(35-27(25)18-4-2-1-3-5-18)23-16-22(33)14-15-24(23)34-29(30)37/h1-16,25-27,35H,(H,34,37)/t25-,26?,27+,30?/m0/s1. The first-order valence-corrected chi connectivity index (χ1v) is 13.0. The lowest BCUT2D eigenvalue weighted by Crippen LogP contribution is -2.50. The molecule has 184 valence electrons. The van der Waals surface area contributed by atoms with E-state index < -0.39 is 17.4 Å². The summed E-state index contributed by atoms with van der Waals surface area (Å²) in [7, 11) is 0. The molecule has 0 aromatic heterocycles. The van der Waals surface area contributed by atoms with Crippen molar-refractivity contribution < 1.29 is 9.59 Å². The normalized spacial score (nSPS) is 24.2. The number of Topliss-reactive ketones (excluding diaryl/α,β-unsaturated/α-hetero) is 1. The molecule has 0 saturated carbocycles. The molecular weight excluding hydrogens is 527 g/mol. The number of carbonyl (C=O) groups excluding carboxylic acids is 2. The third-order valence-electron chi connectivity index (χ3n) is 7.41. The summed E-state index contributed by atoms with van der Waals surface area (Å²) in [5.41, 5.74) is 2.30. The van der Waals surface area contributed by atoms with E-state index in [1.807, 2.05) is 54.6 Å². The second kappa shape index (κ2) is 9.30. The van der Waals surface area contributed by atoms with Crippen molar-refractivity contribution in [2.24, 2.45) is 5.92 Å². The predicted molar refractivity (Wildman–Crippen MR) is 148 cm³/mol. The molecule has 2 N–H and O–H groups in total. The third-order valence-corrected chi connectivity index (χ3v) is 8.14. The summed E-state index contributed by atoms with van der Waals surface area (Å²) in [6, 6.07) is 29.1. The number of anilines is 1. The first kappa shape index (κ1) is 24.2. The van der Waals surface area contributed by atoms with E-state index in [2.05, 4.69) is 10.6 Å². The number of halogens is 3. The number of carbonyl (C=O) groups is 2. The molecule has 0 aliphatic carbocycles. The molecule has 4 atom stereocenters. The topological polar surface area (TPSA) is 58.2 Å². The Morgan fingerprint density at radius 2 is 1.35 bits per heavy atom. The summed E-state index contributed by atoms with van der Waals surface area (Å²) in [6.07, 6.45) is 0. The molecule has 2 heterocycles. The van der Waals surface area contributed by atoms with Gasteiger partial charge in [-0.3, -0.25) is 14.9 Å². The van der Waals surface area contributed by atoms with Crippen molar-refractivity contribution in [3.05, 3.63) is 134 Å². The largest absolute Gasteiger partial charge is 0.324 e. The molecular formula is C30H21Cl3N2O2. The van der Waals surface area contributed by atoms with Crippen LogP contribution in [0.4, 0.5) is 5.69 Å². The maximum atomic E-state index is 14.5. The predicted octanol–water partition coefficient (Wildman–Crippen LogP) is 7.42. The van der Waals surface area contributed by atoms with Gasteiger partial charge in [-0.05, 0) is 65.7 Å². The molecule has 4 nitrogen and oxygen atoms in total. The Labute approximate surface area is 229 Å². The maximum absolute atomic E-state index is 14.5. The molecule has 2 unspecified atom stereocenters. The molecule has 0 radical (unpaired) electrons. The van der Waals surface area contributed by atoms with Crippen molar-refractivity contribution in [3.8, 4) is 0 Å². The van der Waals surface area contributed by atoms with Gasteiger partial charge in [-0.2, -0.15) is 0 Å². The van der Waals surface area contributed by atoms with Crippen molar-refractivity contribution >= 4 is 52.2 Å². The Hall–Kier alpha value is -3.15. The Morgan fingerprint density at radius 3 is 2.03 bits per heavy atom. The Bertz CT molecular complexity index is 1510. The highest BCUT2D eigenvalue weighted by atomic mass is 35.5. The minimum atomic E-state index is -1.35. The molecule has 2 aliphatic rings. The number of hydrogen-bond acceptors (Lipinski definition) is 3. The van der Waals surface area contributed by atoms with E-state index in [-0.39, 0.29) is 17.7 Å². The second-order valence-electron chi connectivity index (χ2n) is 9.41. The van der Waals surface area contributed by atoms with Crippen LogP contribution < -0.4 is 10.6 Å². The smallest absolute Gasteiger partial charge is 0.250 e. The Morgan fingerprint density at radius 1 is 0.730 bits per heavy atom. The number of hydrogen-bond donors (Lipinski definition) is 2. The van der Waals surface area contributed by atoms with Crippen molar-refractivity contribution in [1.29, 1.82) is 0 Å². The summed E-state index contributed by atoms with van der Waals surface area (Å²) in [4.78, 5) is 28.4. The average molecular weight is 548 g/mol. The van der Waals surface area contributed by atoms with Crippen LogP contribution in [0, 0.1) is 5.92 Å². The molecule has 7 heteroatoms. The lowest BCUT2D eigenvalue weighted by molar-refractivity contribution is -0.122. The minimum absolute atomic E-state index is 0.162. The zero-order valence-corrected chi connectivity index (χ0v) is 21.7. The molecule has 4 aromatic carbocycles. The van der Waals surface area contributed by atoms with Gasteiger partial charge in [0, 0.05) is 43.8 Å². The summed E-state index contributed by atoms with van der Waals surface area (Å²) in [5.74, 6) is -1.63. The molecule has 1 amide bonds. The van der Waals surface area contributed by atoms with E-state index in [9.17, 15) is 9.59 Å². The second-order valence-corrected chi connectivity index (χ2v) is 10.7.